The summed E-state index contributed by atoms with van der Waals surface area (Å²) >= 11 is 1.59. The number of hydrogen-bond acceptors (Lipinski definition) is 3. The average molecular weight is 350 g/mol. The lowest BCUT2D eigenvalue weighted by Gasteiger charge is -2.22. The second kappa shape index (κ2) is 8.60. The molecule has 1 amide bonds. The lowest BCUT2D eigenvalue weighted by molar-refractivity contribution is -0.123. The van der Waals surface area contributed by atoms with Crippen molar-refractivity contribution in [3.8, 4) is 0 Å². The van der Waals surface area contributed by atoms with Crippen LogP contribution in [0.25, 0.3) is 0 Å². The lowest BCUT2D eigenvalue weighted by atomic mass is 10.1. The van der Waals surface area contributed by atoms with Crippen molar-refractivity contribution in [2.24, 2.45) is 0 Å². The highest BCUT2D eigenvalue weighted by atomic mass is 32.1. The zero-order valence-corrected chi connectivity index (χ0v) is 15.0. The first-order chi connectivity index (χ1) is 12.2. The van der Waals surface area contributed by atoms with E-state index in [0.29, 0.717) is 6.54 Å². The topological polar surface area (TPSA) is 41.1 Å². The van der Waals surface area contributed by atoms with Crippen molar-refractivity contribution in [3.63, 3.8) is 0 Å². The molecule has 1 unspecified atom stereocenters. The molecule has 0 aliphatic heterocycles. The van der Waals surface area contributed by atoms with Crippen LogP contribution in [0.1, 0.15) is 35.0 Å². The molecule has 3 nitrogen and oxygen atoms in total. The maximum atomic E-state index is 12.8. The fourth-order valence-electron chi connectivity index (χ4n) is 2.72. The van der Waals surface area contributed by atoms with Crippen LogP contribution >= 0.6 is 11.3 Å². The molecule has 0 spiro atoms. The Morgan fingerprint density at radius 1 is 0.960 bits per heavy atom. The van der Waals surface area contributed by atoms with Crippen molar-refractivity contribution >= 4 is 17.2 Å². The monoisotopic (exact) mass is 350 g/mol. The number of thiophene rings is 1. The molecule has 0 saturated carbocycles. The third-order valence-corrected chi connectivity index (χ3v) is 5.05. The molecule has 2 atom stereocenters. The van der Waals surface area contributed by atoms with Crippen LogP contribution in [-0.4, -0.2) is 5.91 Å². The molecule has 128 valence electrons. The van der Waals surface area contributed by atoms with E-state index in [9.17, 15) is 4.79 Å². The van der Waals surface area contributed by atoms with Crippen molar-refractivity contribution in [1.29, 1.82) is 0 Å². The molecule has 0 aliphatic carbocycles. The van der Waals surface area contributed by atoms with E-state index in [1.165, 1.54) is 5.56 Å². The maximum Gasteiger partial charge on any atom is 0.242 e. The standard InChI is InChI=1S/C21H22N2OS/c1-16(18-11-6-3-7-12-18)23-20(19-13-8-14-25-19)21(24)22-15-17-9-4-2-5-10-17/h2-14,16,20,23H,15H2,1H3,(H,22,24)/t16-,20?/m1/s1. The SMILES string of the molecule is C[C@@H](NC(C(=O)NCc1ccccc1)c1cccs1)c1ccccc1. The first-order valence-electron chi connectivity index (χ1n) is 8.40. The van der Waals surface area contributed by atoms with Gasteiger partial charge in [-0.15, -0.1) is 11.3 Å². The zero-order chi connectivity index (χ0) is 17.5. The van der Waals surface area contributed by atoms with Crippen LogP contribution in [0.15, 0.2) is 78.2 Å². The Kier molecular flexibility index (Phi) is 5.99. The van der Waals surface area contributed by atoms with Crippen molar-refractivity contribution < 1.29 is 4.79 Å². The summed E-state index contributed by atoms with van der Waals surface area (Å²) in [6.07, 6.45) is 0. The first kappa shape index (κ1) is 17.4. The number of benzene rings is 2. The predicted octanol–water partition coefficient (Wildman–Crippen LogP) is 4.46. The zero-order valence-electron chi connectivity index (χ0n) is 14.2. The third-order valence-electron chi connectivity index (χ3n) is 4.12. The van der Waals surface area contributed by atoms with Gasteiger partial charge in [-0.3, -0.25) is 10.1 Å². The fraction of sp³-hybridized carbons (Fsp3) is 0.190. The van der Waals surface area contributed by atoms with E-state index in [1.54, 1.807) is 11.3 Å². The highest BCUT2D eigenvalue weighted by Crippen LogP contribution is 2.23. The molecule has 4 heteroatoms. The lowest BCUT2D eigenvalue weighted by Crippen LogP contribution is -2.38. The van der Waals surface area contributed by atoms with Gasteiger partial charge >= 0.3 is 0 Å². The third kappa shape index (κ3) is 4.78. The Labute approximate surface area is 152 Å². The number of nitrogens with one attached hydrogen (secondary N) is 2. The molecule has 1 aromatic heterocycles. The summed E-state index contributed by atoms with van der Waals surface area (Å²) in [4.78, 5) is 13.8. The fourth-order valence-corrected chi connectivity index (χ4v) is 3.50. The highest BCUT2D eigenvalue weighted by molar-refractivity contribution is 7.10. The van der Waals surface area contributed by atoms with Gasteiger partial charge in [0.25, 0.3) is 0 Å². The molecule has 3 rings (SSSR count). The van der Waals surface area contributed by atoms with Gasteiger partial charge in [-0.1, -0.05) is 66.7 Å². The van der Waals surface area contributed by atoms with Crippen LogP contribution in [0.5, 0.6) is 0 Å². The van der Waals surface area contributed by atoms with Crippen LogP contribution in [0.3, 0.4) is 0 Å². The quantitative estimate of drug-likeness (QED) is 0.661. The normalized spacial score (nSPS) is 13.2. The van der Waals surface area contributed by atoms with Crippen LogP contribution in [0, 0.1) is 0 Å². The summed E-state index contributed by atoms with van der Waals surface area (Å²) in [6, 6.07) is 23.8. The number of rotatable bonds is 7. The molecule has 0 aliphatic rings. The number of carbonyl (C=O) groups is 1. The largest absolute Gasteiger partial charge is 0.350 e. The number of hydrogen-bond donors (Lipinski definition) is 2. The van der Waals surface area contributed by atoms with Crippen LogP contribution in [0.2, 0.25) is 0 Å². The Balaban J connectivity index is 1.70. The van der Waals surface area contributed by atoms with E-state index >= 15 is 0 Å². The van der Waals surface area contributed by atoms with Crippen molar-refractivity contribution in [1.82, 2.24) is 10.6 Å². The summed E-state index contributed by atoms with van der Waals surface area (Å²) < 4.78 is 0. The molecular weight excluding hydrogens is 328 g/mol. The molecule has 0 bridgehead atoms. The van der Waals surface area contributed by atoms with Gasteiger partial charge < -0.3 is 5.32 Å². The minimum atomic E-state index is -0.362. The second-order valence-electron chi connectivity index (χ2n) is 5.95. The molecule has 0 radical (unpaired) electrons. The summed E-state index contributed by atoms with van der Waals surface area (Å²) in [5.74, 6) is -0.00548. The first-order valence-corrected chi connectivity index (χ1v) is 9.28. The van der Waals surface area contributed by atoms with Gasteiger partial charge in [0.15, 0.2) is 0 Å². The van der Waals surface area contributed by atoms with Crippen molar-refractivity contribution in [3.05, 3.63) is 94.2 Å². The molecule has 25 heavy (non-hydrogen) atoms. The highest BCUT2D eigenvalue weighted by Gasteiger charge is 2.23. The van der Waals surface area contributed by atoms with Gasteiger partial charge in [-0.2, -0.15) is 0 Å². The Bertz CT molecular complexity index is 772. The Hall–Kier alpha value is -2.43. The van der Waals surface area contributed by atoms with E-state index in [0.717, 1.165) is 10.4 Å². The second-order valence-corrected chi connectivity index (χ2v) is 6.93. The Morgan fingerprint density at radius 3 is 2.28 bits per heavy atom. The summed E-state index contributed by atoms with van der Waals surface area (Å²) in [6.45, 7) is 2.61. The van der Waals surface area contributed by atoms with Gasteiger partial charge in [0.05, 0.1) is 0 Å². The van der Waals surface area contributed by atoms with Gasteiger partial charge in [-0.25, -0.2) is 0 Å². The minimum absolute atomic E-state index is 0.00548. The van der Waals surface area contributed by atoms with E-state index in [4.69, 9.17) is 0 Å². The van der Waals surface area contributed by atoms with Crippen LogP contribution in [-0.2, 0) is 11.3 Å². The van der Waals surface area contributed by atoms with E-state index in [-0.39, 0.29) is 18.0 Å². The molecule has 2 aromatic carbocycles. The van der Waals surface area contributed by atoms with Crippen LogP contribution in [0.4, 0.5) is 0 Å². The summed E-state index contributed by atoms with van der Waals surface area (Å²) in [7, 11) is 0. The van der Waals surface area contributed by atoms with Gasteiger partial charge in [0, 0.05) is 17.5 Å². The molecule has 0 saturated heterocycles. The van der Waals surface area contributed by atoms with E-state index in [1.807, 2.05) is 66.0 Å². The van der Waals surface area contributed by atoms with Gasteiger partial charge in [0.1, 0.15) is 6.04 Å². The van der Waals surface area contributed by atoms with Crippen molar-refractivity contribution in [2.75, 3.05) is 0 Å². The maximum absolute atomic E-state index is 12.8. The molecule has 3 aromatic rings. The average Bonchev–Trinajstić information content (AvgIpc) is 3.20. The van der Waals surface area contributed by atoms with Crippen molar-refractivity contribution in [2.45, 2.75) is 25.6 Å². The molecule has 0 fully saturated rings. The minimum Gasteiger partial charge on any atom is -0.350 e. The molecule has 2 N–H and O–H groups in total. The van der Waals surface area contributed by atoms with E-state index in [2.05, 4.69) is 29.7 Å². The molecule has 1 heterocycles. The summed E-state index contributed by atoms with van der Waals surface area (Å²) in [5, 5.41) is 8.52. The summed E-state index contributed by atoms with van der Waals surface area (Å²) in [5.41, 5.74) is 2.26. The number of carbonyl (C=O) groups excluding carboxylic acids is 1. The molecular formula is C21H22N2OS. The van der Waals surface area contributed by atoms with Gasteiger partial charge in [0.2, 0.25) is 5.91 Å². The number of amides is 1. The van der Waals surface area contributed by atoms with E-state index < -0.39 is 0 Å². The smallest absolute Gasteiger partial charge is 0.242 e. The van der Waals surface area contributed by atoms with Gasteiger partial charge in [-0.05, 0) is 29.5 Å². The van der Waals surface area contributed by atoms with Crippen LogP contribution < -0.4 is 10.6 Å². The Morgan fingerprint density at radius 2 is 1.64 bits per heavy atom. The predicted molar refractivity (Wildman–Crippen MR) is 103 cm³/mol.